The Balaban J connectivity index is 0.00000196. The van der Waals surface area contributed by atoms with Crippen molar-refractivity contribution in [3.63, 3.8) is 0 Å². The normalized spacial score (nSPS) is 21.1. The highest BCUT2D eigenvalue weighted by molar-refractivity contribution is 5.90. The second-order valence-corrected chi connectivity index (χ2v) is 7.74. The molecule has 28 heavy (non-hydrogen) atoms. The van der Waals surface area contributed by atoms with Gasteiger partial charge < -0.3 is 15.4 Å². The predicted octanol–water partition coefficient (Wildman–Crippen LogP) is 3.37. The van der Waals surface area contributed by atoms with E-state index >= 15 is 0 Å². The van der Waals surface area contributed by atoms with E-state index in [9.17, 15) is 4.79 Å². The van der Waals surface area contributed by atoms with Gasteiger partial charge in [0.25, 0.3) is 0 Å². The zero-order valence-corrected chi connectivity index (χ0v) is 18.5. The Kier molecular flexibility index (Phi) is 12.0. The summed E-state index contributed by atoms with van der Waals surface area (Å²) in [7, 11) is 0. The number of rotatable bonds is 7. The van der Waals surface area contributed by atoms with Gasteiger partial charge in [0, 0.05) is 31.7 Å². The minimum atomic E-state index is 0. The van der Waals surface area contributed by atoms with Gasteiger partial charge >= 0.3 is 0 Å². The molecule has 2 aliphatic rings. The van der Waals surface area contributed by atoms with Crippen LogP contribution in [0.4, 0.5) is 5.69 Å². The van der Waals surface area contributed by atoms with E-state index in [2.05, 4.69) is 34.6 Å². The largest absolute Gasteiger partial charge is 0.379 e. The molecule has 0 aliphatic carbocycles. The fourth-order valence-corrected chi connectivity index (χ4v) is 3.90. The molecule has 1 aromatic rings. The van der Waals surface area contributed by atoms with Crippen LogP contribution in [0.3, 0.4) is 0 Å². The number of benzene rings is 1. The Morgan fingerprint density at radius 3 is 2.61 bits per heavy atom. The summed E-state index contributed by atoms with van der Waals surface area (Å²) in [5, 5.41) is 6.50. The Morgan fingerprint density at radius 1 is 1.25 bits per heavy atom. The molecule has 0 bridgehead atoms. The fraction of sp³-hybridized carbons (Fsp3) is 0.667. The maximum Gasteiger partial charge on any atom is 0.224 e. The number of morpholine rings is 1. The van der Waals surface area contributed by atoms with E-state index < -0.39 is 0 Å². The molecule has 3 rings (SSSR count). The zero-order chi connectivity index (χ0) is 18.2. The molecular formula is C21H35Cl2N3O2. The van der Waals surface area contributed by atoms with Crippen LogP contribution >= 0.6 is 24.8 Å². The van der Waals surface area contributed by atoms with Crippen LogP contribution in [0.5, 0.6) is 0 Å². The van der Waals surface area contributed by atoms with Gasteiger partial charge in [0.2, 0.25) is 5.91 Å². The summed E-state index contributed by atoms with van der Waals surface area (Å²) in [6.07, 6.45) is 4.10. The Bertz CT molecular complexity index is 559. The van der Waals surface area contributed by atoms with Crippen LogP contribution in [0, 0.1) is 11.8 Å². The highest BCUT2D eigenvalue weighted by Crippen LogP contribution is 2.23. The molecule has 160 valence electrons. The lowest BCUT2D eigenvalue weighted by Crippen LogP contribution is -2.37. The fourth-order valence-electron chi connectivity index (χ4n) is 3.90. The van der Waals surface area contributed by atoms with Crippen molar-refractivity contribution < 1.29 is 9.53 Å². The molecule has 0 saturated carbocycles. The lowest BCUT2D eigenvalue weighted by molar-refractivity contribution is -0.117. The van der Waals surface area contributed by atoms with E-state index in [0.717, 1.165) is 58.0 Å². The number of hydrogen-bond donors (Lipinski definition) is 2. The van der Waals surface area contributed by atoms with Gasteiger partial charge in [-0.2, -0.15) is 0 Å². The lowest BCUT2D eigenvalue weighted by atomic mass is 9.85. The first-order valence-corrected chi connectivity index (χ1v) is 10.1. The second-order valence-electron chi connectivity index (χ2n) is 7.74. The zero-order valence-electron chi connectivity index (χ0n) is 16.8. The number of halogens is 2. The van der Waals surface area contributed by atoms with E-state index in [4.69, 9.17) is 4.74 Å². The lowest BCUT2D eigenvalue weighted by Gasteiger charge is -2.28. The van der Waals surface area contributed by atoms with Gasteiger partial charge in [0.15, 0.2) is 0 Å². The molecule has 2 N–H and O–H groups in total. The van der Waals surface area contributed by atoms with Gasteiger partial charge in [-0.15, -0.1) is 24.8 Å². The van der Waals surface area contributed by atoms with E-state index in [1.54, 1.807) is 0 Å². The molecular weight excluding hydrogens is 397 g/mol. The van der Waals surface area contributed by atoms with E-state index in [0.29, 0.717) is 18.3 Å². The van der Waals surface area contributed by atoms with Crippen LogP contribution < -0.4 is 10.6 Å². The number of anilines is 1. The number of ether oxygens (including phenoxy) is 1. The molecule has 5 nitrogen and oxygen atoms in total. The van der Waals surface area contributed by atoms with Crippen LogP contribution in [0.2, 0.25) is 0 Å². The predicted molar refractivity (Wildman–Crippen MR) is 120 cm³/mol. The van der Waals surface area contributed by atoms with E-state index in [1.165, 1.54) is 18.4 Å². The van der Waals surface area contributed by atoms with Crippen LogP contribution in [0.15, 0.2) is 24.3 Å². The average molecular weight is 432 g/mol. The quantitative estimate of drug-likeness (QED) is 0.694. The number of carbonyl (C=O) groups is 1. The maximum absolute atomic E-state index is 12.3. The third-order valence-corrected chi connectivity index (χ3v) is 5.71. The summed E-state index contributed by atoms with van der Waals surface area (Å²) in [5.74, 6) is 1.18. The Labute approximate surface area is 181 Å². The third-order valence-electron chi connectivity index (χ3n) is 5.71. The second kappa shape index (κ2) is 13.4. The van der Waals surface area contributed by atoms with Gasteiger partial charge in [0.1, 0.15) is 0 Å². The first kappa shape index (κ1) is 25.2. The summed E-state index contributed by atoms with van der Waals surface area (Å²) in [6.45, 7) is 9.19. The first-order valence-electron chi connectivity index (χ1n) is 10.1. The molecule has 2 heterocycles. The van der Waals surface area contributed by atoms with E-state index in [-0.39, 0.29) is 30.7 Å². The van der Waals surface area contributed by atoms with Crippen LogP contribution in [0.25, 0.3) is 0 Å². The average Bonchev–Trinajstić information content (AvgIpc) is 2.69. The number of nitrogens with zero attached hydrogens (tertiary/aromatic N) is 1. The monoisotopic (exact) mass is 431 g/mol. The highest BCUT2D eigenvalue weighted by Gasteiger charge is 2.22. The van der Waals surface area contributed by atoms with Crippen molar-refractivity contribution in [1.82, 2.24) is 10.2 Å². The van der Waals surface area contributed by atoms with Gasteiger partial charge in [0.05, 0.1) is 13.2 Å². The summed E-state index contributed by atoms with van der Waals surface area (Å²) in [5.41, 5.74) is 2.22. The molecule has 1 amide bonds. The topological polar surface area (TPSA) is 53.6 Å². The molecule has 2 fully saturated rings. The number of nitrogens with one attached hydrogen (secondary N) is 2. The van der Waals surface area contributed by atoms with Gasteiger partial charge in [-0.05, 0) is 61.9 Å². The number of carbonyl (C=O) groups excluding carboxylic acids is 1. The summed E-state index contributed by atoms with van der Waals surface area (Å²) < 4.78 is 5.39. The maximum atomic E-state index is 12.3. The summed E-state index contributed by atoms with van der Waals surface area (Å²) in [6, 6.07) is 8.31. The SMILES string of the molecule is CC(CC(=O)Nc1ccc(CCN2CCOCC2)cc1)C1CCCNC1.Cl.Cl. The van der Waals surface area contributed by atoms with Crippen LogP contribution in [0.1, 0.15) is 31.7 Å². The summed E-state index contributed by atoms with van der Waals surface area (Å²) >= 11 is 0. The van der Waals surface area contributed by atoms with Crippen molar-refractivity contribution in [3.8, 4) is 0 Å². The van der Waals surface area contributed by atoms with Gasteiger partial charge in [-0.1, -0.05) is 19.1 Å². The van der Waals surface area contributed by atoms with Gasteiger partial charge in [-0.3, -0.25) is 9.69 Å². The molecule has 7 heteroatoms. The van der Waals surface area contributed by atoms with Crippen molar-refractivity contribution in [3.05, 3.63) is 29.8 Å². The van der Waals surface area contributed by atoms with Crippen molar-refractivity contribution in [2.24, 2.45) is 11.8 Å². The number of amides is 1. The third kappa shape index (κ3) is 8.26. The molecule has 2 saturated heterocycles. The standard InChI is InChI=1S/C21H33N3O2.2ClH/c1-17(19-3-2-9-22-16-19)15-21(25)23-20-6-4-18(5-7-20)8-10-24-11-13-26-14-12-24;;/h4-7,17,19,22H,2-3,8-16H2,1H3,(H,23,25);2*1H. The molecule has 2 atom stereocenters. The van der Waals surface area contributed by atoms with Gasteiger partial charge in [-0.25, -0.2) is 0 Å². The van der Waals surface area contributed by atoms with Crippen molar-refractivity contribution in [2.45, 2.75) is 32.6 Å². The molecule has 0 radical (unpaired) electrons. The van der Waals surface area contributed by atoms with Crippen LogP contribution in [-0.4, -0.2) is 56.7 Å². The first-order chi connectivity index (χ1) is 12.7. The van der Waals surface area contributed by atoms with Crippen molar-refractivity contribution in [1.29, 1.82) is 0 Å². The summed E-state index contributed by atoms with van der Waals surface area (Å²) in [4.78, 5) is 14.8. The molecule has 0 aromatic heterocycles. The molecule has 2 unspecified atom stereocenters. The van der Waals surface area contributed by atoms with E-state index in [1.807, 2.05) is 12.1 Å². The molecule has 2 aliphatic heterocycles. The molecule has 0 spiro atoms. The Morgan fingerprint density at radius 2 is 1.96 bits per heavy atom. The minimum absolute atomic E-state index is 0. The minimum Gasteiger partial charge on any atom is -0.379 e. The highest BCUT2D eigenvalue weighted by atomic mass is 35.5. The number of piperidine rings is 1. The van der Waals surface area contributed by atoms with Crippen LogP contribution in [-0.2, 0) is 16.0 Å². The smallest absolute Gasteiger partial charge is 0.224 e. The molecule has 1 aromatic carbocycles. The number of hydrogen-bond acceptors (Lipinski definition) is 4. The van der Waals surface area contributed by atoms with Crippen molar-refractivity contribution >= 4 is 36.4 Å². The van der Waals surface area contributed by atoms with Crippen molar-refractivity contribution in [2.75, 3.05) is 51.3 Å². The Hall–Kier alpha value is -0.850.